The molecule has 0 aliphatic heterocycles. The Kier molecular flexibility index (Phi) is 3.47. The molecule has 0 aromatic rings. The Bertz CT molecular complexity index is 536. The Labute approximate surface area is 141 Å². The molecule has 0 heterocycles. The van der Waals surface area contributed by atoms with Gasteiger partial charge in [0.1, 0.15) is 5.60 Å². The van der Waals surface area contributed by atoms with E-state index in [1.54, 1.807) is 0 Å². The Hall–Kier alpha value is -0.520. The van der Waals surface area contributed by atoms with Crippen LogP contribution >= 0.6 is 0 Å². The zero-order valence-electron chi connectivity index (χ0n) is 14.7. The summed E-state index contributed by atoms with van der Waals surface area (Å²) in [6.07, 6.45) is 15.6. The fraction of sp³-hybridized carbons (Fsp3) is 0.905. The molecule has 0 amide bonds. The van der Waals surface area contributed by atoms with E-state index in [-0.39, 0.29) is 11.5 Å². The molecule has 2 heteroatoms. The van der Waals surface area contributed by atoms with Gasteiger partial charge in [0.25, 0.3) is 0 Å². The van der Waals surface area contributed by atoms with Crippen LogP contribution in [0.25, 0.3) is 0 Å². The van der Waals surface area contributed by atoms with Crippen molar-refractivity contribution in [1.29, 1.82) is 0 Å². The van der Waals surface area contributed by atoms with Crippen molar-refractivity contribution in [2.24, 2.45) is 34.5 Å². The van der Waals surface area contributed by atoms with Crippen LogP contribution in [-0.4, -0.2) is 21.9 Å². The van der Waals surface area contributed by atoms with Gasteiger partial charge in [0.15, 0.2) is 0 Å². The number of rotatable bonds is 0. The van der Waals surface area contributed by atoms with E-state index in [2.05, 4.69) is 19.8 Å². The summed E-state index contributed by atoms with van der Waals surface area (Å²) in [4.78, 5) is 0. The molecule has 0 radical (unpaired) electrons. The van der Waals surface area contributed by atoms with Crippen LogP contribution < -0.4 is 0 Å². The molecule has 23 heavy (non-hydrogen) atoms. The SMILES string of the molecule is C#C[C@]1(O)CCC2C3CCC4C[C@H](O)CCC4(C)C3CCC21C. The zero-order chi connectivity index (χ0) is 16.5. The molecule has 4 aliphatic rings. The van der Waals surface area contributed by atoms with E-state index in [9.17, 15) is 10.2 Å². The van der Waals surface area contributed by atoms with Gasteiger partial charge in [-0.1, -0.05) is 19.8 Å². The van der Waals surface area contributed by atoms with Crippen molar-refractivity contribution in [3.8, 4) is 12.3 Å². The smallest absolute Gasteiger partial charge is 0.130 e. The monoisotopic (exact) mass is 316 g/mol. The number of fused-ring (bicyclic) bond motifs is 5. The van der Waals surface area contributed by atoms with Crippen molar-refractivity contribution in [2.45, 2.75) is 83.3 Å². The lowest BCUT2D eigenvalue weighted by molar-refractivity contribution is -0.144. The lowest BCUT2D eigenvalue weighted by atomic mass is 9.44. The van der Waals surface area contributed by atoms with Gasteiger partial charge in [-0.05, 0) is 86.9 Å². The van der Waals surface area contributed by atoms with Crippen molar-refractivity contribution in [2.75, 3.05) is 0 Å². The highest BCUT2D eigenvalue weighted by atomic mass is 16.3. The van der Waals surface area contributed by atoms with Gasteiger partial charge in [0, 0.05) is 5.41 Å². The van der Waals surface area contributed by atoms with Crippen molar-refractivity contribution >= 4 is 0 Å². The maximum Gasteiger partial charge on any atom is 0.130 e. The number of hydrogen-bond donors (Lipinski definition) is 2. The predicted octanol–water partition coefficient (Wildman–Crippen LogP) is 3.75. The highest BCUT2D eigenvalue weighted by Crippen LogP contribution is 2.68. The van der Waals surface area contributed by atoms with Gasteiger partial charge in [-0.2, -0.15) is 0 Å². The summed E-state index contributed by atoms with van der Waals surface area (Å²) in [6.45, 7) is 4.77. The van der Waals surface area contributed by atoms with E-state index in [0.29, 0.717) is 17.3 Å². The third kappa shape index (κ3) is 1.96. The number of aliphatic hydroxyl groups is 2. The molecule has 6 unspecified atom stereocenters. The molecule has 0 spiro atoms. The summed E-state index contributed by atoms with van der Waals surface area (Å²) in [7, 11) is 0. The molecule has 128 valence electrons. The molecule has 2 N–H and O–H groups in total. The molecule has 0 bridgehead atoms. The Morgan fingerprint density at radius 3 is 2.43 bits per heavy atom. The van der Waals surface area contributed by atoms with Crippen molar-refractivity contribution in [3.63, 3.8) is 0 Å². The van der Waals surface area contributed by atoms with Crippen LogP contribution in [0, 0.1) is 46.8 Å². The lowest BCUT2D eigenvalue weighted by Crippen LogP contribution is -2.56. The molecule has 4 saturated carbocycles. The number of terminal acetylenes is 1. The van der Waals surface area contributed by atoms with Crippen LogP contribution in [0.1, 0.15) is 71.6 Å². The highest BCUT2D eigenvalue weighted by molar-refractivity contribution is 5.23. The Morgan fingerprint density at radius 2 is 1.70 bits per heavy atom. The third-order valence-electron chi connectivity index (χ3n) is 9.03. The fourth-order valence-corrected chi connectivity index (χ4v) is 7.49. The second-order valence-corrected chi connectivity index (χ2v) is 9.58. The predicted molar refractivity (Wildman–Crippen MR) is 91.5 cm³/mol. The normalized spacial score (nSPS) is 58.7. The van der Waals surface area contributed by atoms with Crippen LogP contribution in [0.4, 0.5) is 0 Å². The Balaban J connectivity index is 1.65. The maximum absolute atomic E-state index is 11.0. The van der Waals surface area contributed by atoms with E-state index < -0.39 is 5.60 Å². The molecule has 4 rings (SSSR count). The van der Waals surface area contributed by atoms with Gasteiger partial charge < -0.3 is 10.2 Å². The van der Waals surface area contributed by atoms with Gasteiger partial charge >= 0.3 is 0 Å². The number of aliphatic hydroxyl groups excluding tert-OH is 1. The van der Waals surface area contributed by atoms with E-state index >= 15 is 0 Å². The van der Waals surface area contributed by atoms with Gasteiger partial charge in [0.2, 0.25) is 0 Å². The lowest BCUT2D eigenvalue weighted by Gasteiger charge is -2.61. The molecule has 0 aromatic carbocycles. The summed E-state index contributed by atoms with van der Waals surface area (Å²) in [6, 6.07) is 0. The highest BCUT2D eigenvalue weighted by Gasteiger charge is 2.64. The minimum atomic E-state index is -0.886. The first-order chi connectivity index (χ1) is 10.8. The van der Waals surface area contributed by atoms with Crippen molar-refractivity contribution < 1.29 is 10.2 Å². The molecule has 4 fully saturated rings. The van der Waals surface area contributed by atoms with Crippen LogP contribution in [0.15, 0.2) is 0 Å². The summed E-state index contributed by atoms with van der Waals surface area (Å²) < 4.78 is 0. The van der Waals surface area contributed by atoms with E-state index in [4.69, 9.17) is 6.42 Å². The van der Waals surface area contributed by atoms with E-state index in [1.807, 2.05) is 0 Å². The minimum Gasteiger partial charge on any atom is -0.393 e. The first-order valence-corrected chi connectivity index (χ1v) is 9.72. The molecule has 0 aromatic heterocycles. The topological polar surface area (TPSA) is 40.5 Å². The molecule has 8 atom stereocenters. The van der Waals surface area contributed by atoms with E-state index in [0.717, 1.165) is 43.9 Å². The van der Waals surface area contributed by atoms with Crippen LogP contribution in [0.3, 0.4) is 0 Å². The summed E-state index contributed by atoms with van der Waals surface area (Å²) in [5.41, 5.74) is -0.566. The minimum absolute atomic E-state index is 0.0727. The maximum atomic E-state index is 11.0. The van der Waals surface area contributed by atoms with Crippen LogP contribution in [0.2, 0.25) is 0 Å². The zero-order valence-corrected chi connectivity index (χ0v) is 14.7. The molecule has 0 saturated heterocycles. The van der Waals surface area contributed by atoms with Gasteiger partial charge in [-0.15, -0.1) is 6.42 Å². The average molecular weight is 316 g/mol. The van der Waals surface area contributed by atoms with Crippen molar-refractivity contribution in [1.82, 2.24) is 0 Å². The largest absolute Gasteiger partial charge is 0.393 e. The Morgan fingerprint density at radius 1 is 0.957 bits per heavy atom. The van der Waals surface area contributed by atoms with Crippen molar-refractivity contribution in [3.05, 3.63) is 0 Å². The first-order valence-electron chi connectivity index (χ1n) is 9.72. The third-order valence-corrected chi connectivity index (χ3v) is 9.03. The molecule has 2 nitrogen and oxygen atoms in total. The molecular weight excluding hydrogens is 284 g/mol. The average Bonchev–Trinajstić information content (AvgIpc) is 2.80. The van der Waals surface area contributed by atoms with Gasteiger partial charge in [-0.3, -0.25) is 0 Å². The summed E-state index contributed by atoms with van der Waals surface area (Å²) in [5, 5.41) is 21.1. The number of hydrogen-bond acceptors (Lipinski definition) is 2. The van der Waals surface area contributed by atoms with E-state index in [1.165, 1.54) is 25.7 Å². The second-order valence-electron chi connectivity index (χ2n) is 9.58. The van der Waals surface area contributed by atoms with Crippen LogP contribution in [-0.2, 0) is 0 Å². The molecule has 4 aliphatic carbocycles. The second kappa shape index (κ2) is 4.99. The quantitative estimate of drug-likeness (QED) is 0.668. The van der Waals surface area contributed by atoms with Gasteiger partial charge in [0.05, 0.1) is 6.10 Å². The summed E-state index contributed by atoms with van der Waals surface area (Å²) in [5.74, 6) is 5.56. The summed E-state index contributed by atoms with van der Waals surface area (Å²) >= 11 is 0. The van der Waals surface area contributed by atoms with Gasteiger partial charge in [-0.25, -0.2) is 0 Å². The van der Waals surface area contributed by atoms with Crippen LogP contribution in [0.5, 0.6) is 0 Å². The standard InChI is InChI=1S/C21H32O2/c1-4-21(23)12-9-18-16-6-5-14-13-15(22)7-10-19(14,2)17(16)8-11-20(18,21)3/h1,14-18,22-23H,5-13H2,2-3H3/t14?,15-,16?,17?,18?,19?,20?,21+/m1/s1. The first kappa shape index (κ1) is 16.0. The fourth-order valence-electron chi connectivity index (χ4n) is 7.49. The molecular formula is C21H32O2.